The Morgan fingerprint density at radius 3 is 1.78 bits per heavy atom. The maximum absolute atomic E-state index is 13.7. The van der Waals surface area contributed by atoms with Gasteiger partial charge in [-0.3, -0.25) is 4.79 Å². The van der Waals surface area contributed by atoms with E-state index >= 15 is 0 Å². The van der Waals surface area contributed by atoms with E-state index < -0.39 is 23.7 Å². The summed E-state index contributed by atoms with van der Waals surface area (Å²) in [7, 11) is 0. The number of anilines is 1. The number of aliphatic carboxylic acids is 1. The number of carboxylic acid groups (broad SMARTS) is 1. The van der Waals surface area contributed by atoms with Gasteiger partial charge < -0.3 is 15.2 Å². The van der Waals surface area contributed by atoms with Crippen LogP contribution in [0.15, 0.2) is 91.0 Å². The van der Waals surface area contributed by atoms with Crippen LogP contribution in [0.3, 0.4) is 0 Å². The molecule has 0 aliphatic heterocycles. The SMILES string of the molecule is Cc1cccc(NC(=O)[C@@H]2[C@@H](C(=O)[O-])[C@@H](c3ccccc3)C=C[C@@H]2c2ccccc2)c1C. The van der Waals surface area contributed by atoms with Gasteiger partial charge in [-0.25, -0.2) is 0 Å². The lowest BCUT2D eigenvalue weighted by molar-refractivity contribution is -0.313. The number of hydrogen-bond acceptors (Lipinski definition) is 3. The first kappa shape index (κ1) is 21.6. The van der Waals surface area contributed by atoms with Gasteiger partial charge in [0.2, 0.25) is 5.91 Å². The average molecular weight is 425 g/mol. The van der Waals surface area contributed by atoms with Gasteiger partial charge in [0.05, 0.1) is 5.92 Å². The van der Waals surface area contributed by atoms with Gasteiger partial charge in [0.25, 0.3) is 0 Å². The van der Waals surface area contributed by atoms with Gasteiger partial charge in [0.15, 0.2) is 0 Å². The number of aryl methyl sites for hydroxylation is 1. The van der Waals surface area contributed by atoms with Crippen LogP contribution in [0.4, 0.5) is 5.69 Å². The van der Waals surface area contributed by atoms with Crippen LogP contribution >= 0.6 is 0 Å². The molecule has 0 saturated carbocycles. The van der Waals surface area contributed by atoms with Crippen LogP contribution in [0.1, 0.15) is 34.1 Å². The van der Waals surface area contributed by atoms with Crippen molar-refractivity contribution in [2.24, 2.45) is 11.8 Å². The van der Waals surface area contributed by atoms with Crippen LogP contribution in [0.2, 0.25) is 0 Å². The van der Waals surface area contributed by atoms with E-state index in [0.717, 1.165) is 22.3 Å². The lowest BCUT2D eigenvalue weighted by Gasteiger charge is -2.40. The number of hydrogen-bond donors (Lipinski definition) is 1. The van der Waals surface area contributed by atoms with E-state index in [9.17, 15) is 14.7 Å². The van der Waals surface area contributed by atoms with Crippen molar-refractivity contribution in [2.75, 3.05) is 5.32 Å². The van der Waals surface area contributed by atoms with Crippen molar-refractivity contribution < 1.29 is 14.7 Å². The van der Waals surface area contributed by atoms with E-state index in [1.165, 1.54) is 0 Å². The number of amides is 1. The van der Waals surface area contributed by atoms with E-state index in [0.29, 0.717) is 5.69 Å². The van der Waals surface area contributed by atoms with Crippen LogP contribution in [0.5, 0.6) is 0 Å². The fourth-order valence-electron chi connectivity index (χ4n) is 4.63. The van der Waals surface area contributed by atoms with Crippen molar-refractivity contribution in [2.45, 2.75) is 25.7 Å². The molecule has 4 atom stereocenters. The van der Waals surface area contributed by atoms with E-state index in [1.54, 1.807) is 0 Å². The summed E-state index contributed by atoms with van der Waals surface area (Å²) in [6.07, 6.45) is 3.88. The van der Waals surface area contributed by atoms with E-state index in [1.807, 2.05) is 105 Å². The first-order valence-corrected chi connectivity index (χ1v) is 10.8. The van der Waals surface area contributed by atoms with Crippen LogP contribution in [0, 0.1) is 25.7 Å². The number of rotatable bonds is 5. The molecule has 3 aromatic carbocycles. The average Bonchev–Trinajstić information content (AvgIpc) is 2.82. The lowest BCUT2D eigenvalue weighted by Crippen LogP contribution is -2.47. The highest BCUT2D eigenvalue weighted by atomic mass is 16.4. The van der Waals surface area contributed by atoms with E-state index in [-0.39, 0.29) is 11.8 Å². The Labute approximate surface area is 188 Å². The zero-order valence-corrected chi connectivity index (χ0v) is 18.2. The van der Waals surface area contributed by atoms with Crippen molar-refractivity contribution in [3.8, 4) is 0 Å². The summed E-state index contributed by atoms with van der Waals surface area (Å²) in [5, 5.41) is 15.5. The molecule has 0 bridgehead atoms. The topological polar surface area (TPSA) is 69.2 Å². The molecule has 4 rings (SSSR count). The maximum atomic E-state index is 13.7. The maximum Gasteiger partial charge on any atom is 0.229 e. The second kappa shape index (κ2) is 9.23. The Morgan fingerprint density at radius 2 is 1.25 bits per heavy atom. The normalized spacial score (nSPS) is 22.3. The second-order valence-electron chi connectivity index (χ2n) is 8.37. The van der Waals surface area contributed by atoms with Crippen LogP contribution in [-0.4, -0.2) is 11.9 Å². The summed E-state index contributed by atoms with van der Waals surface area (Å²) in [5.41, 5.74) is 4.49. The molecule has 0 heterocycles. The number of benzene rings is 3. The summed E-state index contributed by atoms with van der Waals surface area (Å²) in [6.45, 7) is 3.93. The van der Waals surface area contributed by atoms with Gasteiger partial charge in [0.1, 0.15) is 0 Å². The number of carbonyl (C=O) groups is 2. The summed E-state index contributed by atoms with van der Waals surface area (Å²) in [4.78, 5) is 26.1. The molecule has 0 aromatic heterocycles. The molecule has 0 unspecified atom stereocenters. The van der Waals surface area contributed by atoms with Gasteiger partial charge in [-0.05, 0) is 42.2 Å². The van der Waals surface area contributed by atoms with Crippen LogP contribution < -0.4 is 10.4 Å². The summed E-state index contributed by atoms with van der Waals surface area (Å²) >= 11 is 0. The number of allylic oxidation sites excluding steroid dienone is 2. The molecule has 0 radical (unpaired) electrons. The quantitative estimate of drug-likeness (QED) is 0.619. The van der Waals surface area contributed by atoms with Crippen molar-refractivity contribution in [3.63, 3.8) is 0 Å². The number of carboxylic acids is 1. The second-order valence-corrected chi connectivity index (χ2v) is 8.37. The third-order valence-corrected chi connectivity index (χ3v) is 6.49. The molecular formula is C28H26NO3-. The Morgan fingerprint density at radius 1 is 0.719 bits per heavy atom. The fraction of sp³-hybridized carbons (Fsp3) is 0.214. The molecule has 162 valence electrons. The predicted molar refractivity (Wildman–Crippen MR) is 124 cm³/mol. The Kier molecular flexibility index (Phi) is 6.22. The summed E-state index contributed by atoms with van der Waals surface area (Å²) < 4.78 is 0. The van der Waals surface area contributed by atoms with Crippen molar-refractivity contribution in [1.29, 1.82) is 0 Å². The van der Waals surface area contributed by atoms with E-state index in [2.05, 4.69) is 5.32 Å². The minimum Gasteiger partial charge on any atom is -0.550 e. The smallest absolute Gasteiger partial charge is 0.229 e. The molecule has 1 aliphatic rings. The molecule has 1 amide bonds. The Hall–Kier alpha value is -3.66. The molecule has 0 spiro atoms. The molecule has 0 saturated heterocycles. The molecule has 4 nitrogen and oxygen atoms in total. The van der Waals surface area contributed by atoms with Crippen LogP contribution in [-0.2, 0) is 9.59 Å². The third kappa shape index (κ3) is 4.22. The Balaban J connectivity index is 1.79. The van der Waals surface area contributed by atoms with Gasteiger partial charge >= 0.3 is 0 Å². The van der Waals surface area contributed by atoms with Gasteiger partial charge in [-0.1, -0.05) is 84.9 Å². The third-order valence-electron chi connectivity index (χ3n) is 6.49. The number of nitrogens with one attached hydrogen (secondary N) is 1. The highest BCUT2D eigenvalue weighted by molar-refractivity contribution is 5.97. The molecule has 0 fully saturated rings. The van der Waals surface area contributed by atoms with Crippen molar-refractivity contribution in [1.82, 2.24) is 0 Å². The molecular weight excluding hydrogens is 398 g/mol. The zero-order chi connectivity index (χ0) is 22.7. The molecule has 1 aliphatic carbocycles. The predicted octanol–water partition coefficient (Wildman–Crippen LogP) is 4.36. The fourth-order valence-corrected chi connectivity index (χ4v) is 4.63. The highest BCUT2D eigenvalue weighted by Gasteiger charge is 2.42. The Bertz CT molecular complexity index is 1140. The standard InChI is InChI=1S/C28H27NO3/c1-18-10-9-15-24(19(18)2)29-27(30)25-22(20-11-5-3-6-12-20)16-17-23(26(25)28(31)32)21-13-7-4-8-14-21/h3-17,22-23,25-26H,1-2H3,(H,29,30)(H,31,32)/p-1/t22-,23-,25+,26+/m1/s1. The summed E-state index contributed by atoms with van der Waals surface area (Å²) in [5.74, 6) is -4.17. The van der Waals surface area contributed by atoms with Gasteiger partial charge in [0, 0.05) is 29.4 Å². The first-order chi connectivity index (χ1) is 15.5. The molecule has 4 heteroatoms. The molecule has 3 aromatic rings. The first-order valence-electron chi connectivity index (χ1n) is 10.8. The lowest BCUT2D eigenvalue weighted by atomic mass is 9.66. The van der Waals surface area contributed by atoms with Gasteiger partial charge in [-0.2, -0.15) is 0 Å². The minimum atomic E-state index is -1.22. The van der Waals surface area contributed by atoms with Gasteiger partial charge in [-0.15, -0.1) is 0 Å². The zero-order valence-electron chi connectivity index (χ0n) is 18.2. The number of carbonyl (C=O) groups excluding carboxylic acids is 2. The highest BCUT2D eigenvalue weighted by Crippen LogP contribution is 2.44. The van der Waals surface area contributed by atoms with Crippen LogP contribution in [0.25, 0.3) is 0 Å². The summed E-state index contributed by atoms with van der Waals surface area (Å²) in [6, 6.07) is 24.7. The van der Waals surface area contributed by atoms with E-state index in [4.69, 9.17) is 0 Å². The monoisotopic (exact) mass is 424 g/mol. The molecule has 1 N–H and O–H groups in total. The van der Waals surface area contributed by atoms with Crippen molar-refractivity contribution >= 4 is 17.6 Å². The van der Waals surface area contributed by atoms with Crippen molar-refractivity contribution in [3.05, 3.63) is 113 Å². The largest absolute Gasteiger partial charge is 0.550 e. The minimum absolute atomic E-state index is 0.313. The molecule has 32 heavy (non-hydrogen) atoms.